The largest absolute Gasteiger partial charge is 0.397 e. The number of benzene rings is 3. The Hall–Kier alpha value is -3.80. The molecule has 4 N–H and O–H groups in total. The minimum atomic E-state index is -0.207. The van der Waals surface area contributed by atoms with Crippen molar-refractivity contribution in [3.8, 4) is 11.1 Å². The number of nitrogens with two attached hydrogens (primary N) is 1. The highest BCUT2D eigenvalue weighted by atomic mass is 16.2. The average Bonchev–Trinajstić information content (AvgIpc) is 3.23. The molecule has 0 aromatic heterocycles. The first-order valence-electron chi connectivity index (χ1n) is 10.4. The Morgan fingerprint density at radius 2 is 1.71 bits per heavy atom. The van der Waals surface area contributed by atoms with Gasteiger partial charge in [-0.15, -0.1) is 0 Å². The quantitative estimate of drug-likeness (QED) is 0.553. The summed E-state index contributed by atoms with van der Waals surface area (Å²) in [5.41, 5.74) is 10.9. The highest BCUT2D eigenvalue weighted by molar-refractivity contribution is 6.06. The van der Waals surface area contributed by atoms with Crippen LogP contribution in [0.4, 0.5) is 17.1 Å². The van der Waals surface area contributed by atoms with E-state index in [4.69, 9.17) is 5.73 Å². The number of anilines is 3. The lowest BCUT2D eigenvalue weighted by atomic mass is 10.0. The molecule has 1 aliphatic rings. The number of amides is 2. The number of nitrogens with zero attached hydrogens (tertiary/aromatic N) is 1. The molecule has 6 heteroatoms. The molecule has 0 aliphatic carbocycles. The molecule has 2 amide bonds. The zero-order chi connectivity index (χ0) is 21.8. The molecule has 3 aromatic rings. The third kappa shape index (κ3) is 4.86. The SMILES string of the molecule is CC(=O)N[C@H]1CCN(c2ccc(C(=O)Nc3cc(-c4ccccc4)ccc3N)cc2)C1. The zero-order valence-electron chi connectivity index (χ0n) is 17.5. The summed E-state index contributed by atoms with van der Waals surface area (Å²) in [5.74, 6) is -0.213. The van der Waals surface area contributed by atoms with Gasteiger partial charge in [0.2, 0.25) is 5.91 Å². The Morgan fingerprint density at radius 1 is 0.968 bits per heavy atom. The summed E-state index contributed by atoms with van der Waals surface area (Å²) in [4.78, 5) is 26.3. The van der Waals surface area contributed by atoms with E-state index < -0.39 is 0 Å². The van der Waals surface area contributed by atoms with Crippen LogP contribution in [0.3, 0.4) is 0 Å². The van der Waals surface area contributed by atoms with Crippen molar-refractivity contribution in [2.75, 3.05) is 29.0 Å². The predicted molar refractivity (Wildman–Crippen MR) is 125 cm³/mol. The number of hydrogen-bond donors (Lipinski definition) is 3. The topological polar surface area (TPSA) is 87.5 Å². The maximum Gasteiger partial charge on any atom is 0.255 e. The zero-order valence-corrected chi connectivity index (χ0v) is 17.5. The molecule has 1 heterocycles. The number of rotatable bonds is 5. The predicted octanol–water partition coefficient (Wildman–Crippen LogP) is 3.90. The summed E-state index contributed by atoms with van der Waals surface area (Å²) >= 11 is 0. The summed E-state index contributed by atoms with van der Waals surface area (Å²) < 4.78 is 0. The van der Waals surface area contributed by atoms with Gasteiger partial charge in [-0.2, -0.15) is 0 Å². The standard InChI is InChI=1S/C25H26N4O2/c1-17(30)27-21-13-14-29(16-21)22-10-7-19(8-11-22)25(31)28-24-15-20(9-12-23(24)26)18-5-3-2-4-6-18/h2-12,15,21H,13-14,16,26H2,1H3,(H,27,30)(H,28,31)/t21-/m0/s1. The van der Waals surface area contributed by atoms with Crippen molar-refractivity contribution in [3.63, 3.8) is 0 Å². The third-order valence-corrected chi connectivity index (χ3v) is 5.50. The highest BCUT2D eigenvalue weighted by Crippen LogP contribution is 2.28. The fourth-order valence-electron chi connectivity index (χ4n) is 3.89. The van der Waals surface area contributed by atoms with Gasteiger partial charge >= 0.3 is 0 Å². The molecule has 6 nitrogen and oxygen atoms in total. The van der Waals surface area contributed by atoms with Crippen molar-refractivity contribution in [2.45, 2.75) is 19.4 Å². The lowest BCUT2D eigenvalue weighted by Gasteiger charge is -2.19. The second-order valence-electron chi connectivity index (χ2n) is 7.80. The Kier molecular flexibility index (Phi) is 5.89. The monoisotopic (exact) mass is 414 g/mol. The second-order valence-corrected chi connectivity index (χ2v) is 7.80. The molecule has 1 atom stereocenters. The van der Waals surface area contributed by atoms with Gasteiger partial charge in [-0.3, -0.25) is 9.59 Å². The van der Waals surface area contributed by atoms with Gasteiger partial charge in [-0.1, -0.05) is 36.4 Å². The lowest BCUT2D eigenvalue weighted by Crippen LogP contribution is -2.35. The van der Waals surface area contributed by atoms with Crippen molar-refractivity contribution in [1.29, 1.82) is 0 Å². The van der Waals surface area contributed by atoms with Crippen molar-refractivity contribution in [2.24, 2.45) is 0 Å². The van der Waals surface area contributed by atoms with E-state index >= 15 is 0 Å². The van der Waals surface area contributed by atoms with Crippen LogP contribution >= 0.6 is 0 Å². The first-order chi connectivity index (χ1) is 15.0. The maximum atomic E-state index is 12.8. The summed E-state index contributed by atoms with van der Waals surface area (Å²) in [5, 5.41) is 5.89. The van der Waals surface area contributed by atoms with Crippen molar-refractivity contribution in [1.82, 2.24) is 5.32 Å². The van der Waals surface area contributed by atoms with Crippen LogP contribution in [0.2, 0.25) is 0 Å². The molecular weight excluding hydrogens is 388 g/mol. The number of carbonyl (C=O) groups excluding carboxylic acids is 2. The van der Waals surface area contributed by atoms with E-state index in [0.717, 1.165) is 36.3 Å². The van der Waals surface area contributed by atoms with Crippen molar-refractivity contribution in [3.05, 3.63) is 78.4 Å². The lowest BCUT2D eigenvalue weighted by molar-refractivity contribution is -0.119. The smallest absolute Gasteiger partial charge is 0.255 e. The van der Waals surface area contributed by atoms with Crippen LogP contribution < -0.4 is 21.3 Å². The van der Waals surface area contributed by atoms with E-state index in [9.17, 15) is 9.59 Å². The Morgan fingerprint density at radius 3 is 2.42 bits per heavy atom. The highest BCUT2D eigenvalue weighted by Gasteiger charge is 2.23. The molecule has 0 bridgehead atoms. The van der Waals surface area contributed by atoms with Gasteiger partial charge in [0.25, 0.3) is 5.91 Å². The van der Waals surface area contributed by atoms with E-state index in [-0.39, 0.29) is 17.9 Å². The van der Waals surface area contributed by atoms with Crippen LogP contribution in [-0.4, -0.2) is 30.9 Å². The average molecular weight is 415 g/mol. The van der Waals surface area contributed by atoms with Crippen LogP contribution in [0.5, 0.6) is 0 Å². The minimum absolute atomic E-state index is 0.00512. The molecule has 1 aliphatic heterocycles. The van der Waals surface area contributed by atoms with Crippen molar-refractivity contribution >= 4 is 28.9 Å². The molecule has 1 fully saturated rings. The summed E-state index contributed by atoms with van der Waals surface area (Å²) in [7, 11) is 0. The Balaban J connectivity index is 1.44. The van der Waals surface area contributed by atoms with Gasteiger partial charge in [0.1, 0.15) is 0 Å². The Bertz CT molecular complexity index is 1080. The molecule has 0 spiro atoms. The molecule has 1 saturated heterocycles. The normalized spacial score (nSPS) is 15.5. The molecule has 0 saturated carbocycles. The van der Waals surface area contributed by atoms with Gasteiger partial charge in [0.05, 0.1) is 11.4 Å². The first-order valence-corrected chi connectivity index (χ1v) is 10.4. The fourth-order valence-corrected chi connectivity index (χ4v) is 3.89. The minimum Gasteiger partial charge on any atom is -0.397 e. The Labute approximate surface area is 182 Å². The third-order valence-electron chi connectivity index (χ3n) is 5.50. The van der Waals surface area contributed by atoms with Gasteiger partial charge in [-0.05, 0) is 53.9 Å². The van der Waals surface area contributed by atoms with Crippen molar-refractivity contribution < 1.29 is 9.59 Å². The van der Waals surface area contributed by atoms with E-state index in [1.54, 1.807) is 13.0 Å². The number of hydrogen-bond acceptors (Lipinski definition) is 4. The second kappa shape index (κ2) is 8.92. The van der Waals surface area contributed by atoms with E-state index in [1.165, 1.54) is 0 Å². The number of carbonyl (C=O) groups is 2. The fraction of sp³-hybridized carbons (Fsp3) is 0.200. The van der Waals surface area contributed by atoms with Gasteiger partial charge in [0, 0.05) is 37.3 Å². The van der Waals surface area contributed by atoms with Crippen LogP contribution in [-0.2, 0) is 4.79 Å². The van der Waals surface area contributed by atoms with Gasteiger partial charge in [-0.25, -0.2) is 0 Å². The van der Waals surface area contributed by atoms with Crippen LogP contribution in [0.1, 0.15) is 23.7 Å². The van der Waals surface area contributed by atoms with E-state index in [2.05, 4.69) is 15.5 Å². The number of nitrogen functional groups attached to an aromatic ring is 1. The van der Waals surface area contributed by atoms with Crippen LogP contribution in [0, 0.1) is 0 Å². The summed E-state index contributed by atoms with van der Waals surface area (Å²) in [6.45, 7) is 3.19. The molecule has 4 rings (SSSR count). The molecule has 0 radical (unpaired) electrons. The molecular formula is C25H26N4O2. The molecule has 158 valence electrons. The summed E-state index contributed by atoms with van der Waals surface area (Å²) in [6, 6.07) is 23.3. The molecule has 3 aromatic carbocycles. The molecule has 0 unspecified atom stereocenters. The van der Waals surface area contributed by atoms with Gasteiger partial charge < -0.3 is 21.3 Å². The van der Waals surface area contributed by atoms with Gasteiger partial charge in [0.15, 0.2) is 0 Å². The first kappa shape index (κ1) is 20.5. The van der Waals surface area contributed by atoms with Crippen LogP contribution in [0.15, 0.2) is 72.8 Å². The van der Waals surface area contributed by atoms with E-state index in [1.807, 2.05) is 66.7 Å². The molecule has 31 heavy (non-hydrogen) atoms. The van der Waals surface area contributed by atoms with Crippen LogP contribution in [0.25, 0.3) is 11.1 Å². The summed E-state index contributed by atoms with van der Waals surface area (Å²) in [6.07, 6.45) is 0.916. The maximum absolute atomic E-state index is 12.8. The number of nitrogens with one attached hydrogen (secondary N) is 2. The van der Waals surface area contributed by atoms with E-state index in [0.29, 0.717) is 16.9 Å².